The van der Waals surface area contributed by atoms with Gasteiger partial charge < -0.3 is 19.4 Å². The molecule has 0 radical (unpaired) electrons. The van der Waals surface area contributed by atoms with E-state index in [0.717, 1.165) is 22.7 Å². The van der Waals surface area contributed by atoms with Crippen LogP contribution in [0, 0.1) is 0 Å². The van der Waals surface area contributed by atoms with Crippen LogP contribution < -0.4 is 10.2 Å². The largest absolute Gasteiger partial charge is 0.374 e. The minimum Gasteiger partial charge on any atom is -0.374 e. The summed E-state index contributed by atoms with van der Waals surface area (Å²) in [7, 11) is 0. The zero-order valence-corrected chi connectivity index (χ0v) is 35.4. The van der Waals surface area contributed by atoms with E-state index in [1.54, 1.807) is 0 Å². The van der Waals surface area contributed by atoms with Gasteiger partial charge >= 0.3 is 0 Å². The lowest BCUT2D eigenvalue weighted by Crippen LogP contribution is -2.46. The summed E-state index contributed by atoms with van der Waals surface area (Å²) in [5, 5.41) is 7.64. The van der Waals surface area contributed by atoms with Gasteiger partial charge in [0.1, 0.15) is 0 Å². The molecule has 3 unspecified atom stereocenters. The van der Waals surface area contributed by atoms with Gasteiger partial charge in [-0.05, 0) is 95.9 Å². The maximum atomic E-state index is 3.90. The SMILES string of the molecule is CC12C=CC=CC1N(c1cccc(C3C=Cc4ccc(-c5ccccc5)cc4N3)c1)c1ccccc1-c1c2n(-c2ccc3c(c2)c2ccccc2n3-c2ccccc2)c2ccccc12. The first kappa shape index (κ1) is 36.6. The molecule has 0 saturated carbocycles. The maximum Gasteiger partial charge on any atom is 0.0702 e. The molecule has 1 N–H and O–H groups in total. The van der Waals surface area contributed by atoms with Gasteiger partial charge in [-0.1, -0.05) is 164 Å². The fourth-order valence-electron chi connectivity index (χ4n) is 11.0. The number of benzene rings is 8. The molecule has 2 aliphatic heterocycles. The molecule has 0 bridgehead atoms. The van der Waals surface area contributed by atoms with E-state index in [4.69, 9.17) is 0 Å². The first-order valence-corrected chi connectivity index (χ1v) is 22.3. The lowest BCUT2D eigenvalue weighted by atomic mass is 9.74. The topological polar surface area (TPSA) is 25.1 Å². The minimum atomic E-state index is -0.444. The third-order valence-electron chi connectivity index (χ3n) is 13.9. The summed E-state index contributed by atoms with van der Waals surface area (Å²) in [5.74, 6) is 0. The molecule has 0 amide bonds. The Morgan fingerprint density at radius 1 is 0.500 bits per heavy atom. The Balaban J connectivity index is 0.980. The molecule has 4 heterocycles. The molecule has 13 rings (SSSR count). The van der Waals surface area contributed by atoms with Gasteiger partial charge in [-0.2, -0.15) is 0 Å². The zero-order chi connectivity index (χ0) is 42.4. The van der Waals surface area contributed by atoms with Crippen LogP contribution in [0.3, 0.4) is 0 Å². The first-order valence-electron chi connectivity index (χ1n) is 22.3. The summed E-state index contributed by atoms with van der Waals surface area (Å²) in [6.07, 6.45) is 13.9. The molecule has 2 aromatic heterocycles. The highest BCUT2D eigenvalue weighted by Crippen LogP contribution is 2.55. The number of hydrogen-bond acceptors (Lipinski definition) is 2. The van der Waals surface area contributed by atoms with E-state index in [9.17, 15) is 0 Å². The number of para-hydroxylation sites is 4. The predicted octanol–water partition coefficient (Wildman–Crippen LogP) is 15.1. The summed E-state index contributed by atoms with van der Waals surface area (Å²) in [4.78, 5) is 2.60. The number of hydrogen-bond donors (Lipinski definition) is 1. The van der Waals surface area contributed by atoms with Gasteiger partial charge in [0, 0.05) is 61.4 Å². The average Bonchev–Trinajstić information content (AvgIpc) is 3.86. The molecule has 8 aromatic carbocycles. The van der Waals surface area contributed by atoms with Crippen LogP contribution in [0.2, 0.25) is 0 Å². The Labute approximate surface area is 373 Å². The Morgan fingerprint density at radius 2 is 1.22 bits per heavy atom. The number of allylic oxidation sites excluding steroid dienone is 2. The normalized spacial score (nSPS) is 18.4. The average molecular weight is 821 g/mol. The Hall–Kier alpha value is -8.08. The first-order chi connectivity index (χ1) is 31.6. The summed E-state index contributed by atoms with van der Waals surface area (Å²) in [5.41, 5.74) is 17.6. The van der Waals surface area contributed by atoms with Crippen LogP contribution in [0.4, 0.5) is 17.1 Å². The van der Waals surface area contributed by atoms with Gasteiger partial charge in [-0.25, -0.2) is 0 Å². The van der Waals surface area contributed by atoms with Crippen LogP contribution in [-0.2, 0) is 5.41 Å². The summed E-state index contributed by atoms with van der Waals surface area (Å²) in [6.45, 7) is 2.45. The maximum absolute atomic E-state index is 3.90. The van der Waals surface area contributed by atoms with Gasteiger partial charge in [0.05, 0.1) is 34.0 Å². The Morgan fingerprint density at radius 3 is 2.08 bits per heavy atom. The number of nitrogens with one attached hydrogen (secondary N) is 1. The number of rotatable bonds is 5. The molecule has 4 heteroatoms. The van der Waals surface area contributed by atoms with Crippen molar-refractivity contribution in [1.29, 1.82) is 0 Å². The van der Waals surface area contributed by atoms with Crippen molar-refractivity contribution in [1.82, 2.24) is 9.13 Å². The van der Waals surface area contributed by atoms with E-state index >= 15 is 0 Å². The van der Waals surface area contributed by atoms with Crippen LogP contribution in [0.5, 0.6) is 0 Å². The molecule has 0 fully saturated rings. The monoisotopic (exact) mass is 820 g/mol. The van der Waals surface area contributed by atoms with Gasteiger partial charge in [0.2, 0.25) is 0 Å². The molecule has 64 heavy (non-hydrogen) atoms. The smallest absolute Gasteiger partial charge is 0.0702 e. The lowest BCUT2D eigenvalue weighted by Gasteiger charge is -2.43. The molecule has 0 saturated heterocycles. The number of anilines is 3. The molecule has 4 nitrogen and oxygen atoms in total. The Bertz CT molecular complexity index is 3570. The molecule has 304 valence electrons. The van der Waals surface area contributed by atoms with Crippen molar-refractivity contribution >= 4 is 55.8 Å². The van der Waals surface area contributed by atoms with E-state index in [1.807, 2.05) is 0 Å². The number of nitrogens with zero attached hydrogens (tertiary/aromatic N) is 3. The molecule has 0 spiro atoms. The van der Waals surface area contributed by atoms with E-state index in [0.29, 0.717) is 0 Å². The molecule has 10 aromatic rings. The lowest BCUT2D eigenvalue weighted by molar-refractivity contribution is 0.496. The Kier molecular flexibility index (Phi) is 8.13. The van der Waals surface area contributed by atoms with Crippen molar-refractivity contribution in [3.63, 3.8) is 0 Å². The van der Waals surface area contributed by atoms with E-state index in [-0.39, 0.29) is 12.1 Å². The van der Waals surface area contributed by atoms with Crippen molar-refractivity contribution in [3.8, 4) is 33.6 Å². The molecule has 3 atom stereocenters. The van der Waals surface area contributed by atoms with Crippen molar-refractivity contribution < 1.29 is 0 Å². The second-order valence-electron chi connectivity index (χ2n) is 17.6. The third kappa shape index (κ3) is 5.49. The highest BCUT2D eigenvalue weighted by atomic mass is 15.2. The van der Waals surface area contributed by atoms with Crippen molar-refractivity contribution in [2.75, 3.05) is 10.2 Å². The molecular formula is C60H44N4. The van der Waals surface area contributed by atoms with Gasteiger partial charge in [-0.15, -0.1) is 0 Å². The highest BCUT2D eigenvalue weighted by Gasteiger charge is 2.46. The zero-order valence-electron chi connectivity index (χ0n) is 35.4. The molecule has 3 aliphatic rings. The van der Waals surface area contributed by atoms with Crippen molar-refractivity contribution in [2.45, 2.75) is 24.4 Å². The fraction of sp³-hybridized carbons (Fsp3) is 0.0667. The highest BCUT2D eigenvalue weighted by molar-refractivity contribution is 6.11. The second-order valence-corrected chi connectivity index (χ2v) is 17.6. The quantitative estimate of drug-likeness (QED) is 0.187. The van der Waals surface area contributed by atoms with Crippen LogP contribution in [-0.4, -0.2) is 15.2 Å². The minimum absolute atomic E-state index is 0.0159. The second kappa shape index (κ2) is 14.2. The summed E-state index contributed by atoms with van der Waals surface area (Å²) >= 11 is 0. The molecule has 1 aliphatic carbocycles. The number of fused-ring (bicyclic) bond motifs is 11. The third-order valence-corrected chi connectivity index (χ3v) is 13.9. The fourth-order valence-corrected chi connectivity index (χ4v) is 11.0. The van der Waals surface area contributed by atoms with Crippen LogP contribution in [0.25, 0.3) is 72.4 Å². The standard InChI is InChI=1S/C60H44N4/c1-60-36-15-14-29-57(60)63(45-22-16-19-43(37-45)51-34-32-41-30-31-42(38-52(41)61-51)40-17-4-2-5-18-40)54-27-12-9-24-48(54)58-49-25-10-13-28-55(49)64(59(58)60)46-33-35-56-50(39-46)47-23-8-11-26-53(47)62(56)44-20-6-3-7-21-44/h2-39,51,57,61H,1H3. The van der Waals surface area contributed by atoms with Gasteiger partial charge in [0.25, 0.3) is 0 Å². The van der Waals surface area contributed by atoms with Crippen molar-refractivity contribution in [3.05, 3.63) is 241 Å². The van der Waals surface area contributed by atoms with Crippen LogP contribution in [0.15, 0.2) is 225 Å². The van der Waals surface area contributed by atoms with E-state index in [2.05, 4.69) is 257 Å². The van der Waals surface area contributed by atoms with Gasteiger partial charge in [-0.3, -0.25) is 0 Å². The molecular weight excluding hydrogens is 777 g/mol. The number of aromatic nitrogens is 2. The summed E-state index contributed by atoms with van der Waals surface area (Å²) < 4.78 is 4.97. The predicted molar refractivity (Wildman–Crippen MR) is 268 cm³/mol. The van der Waals surface area contributed by atoms with E-state index in [1.165, 1.54) is 77.5 Å². The van der Waals surface area contributed by atoms with Crippen LogP contribution >= 0.6 is 0 Å². The van der Waals surface area contributed by atoms with E-state index < -0.39 is 5.41 Å². The van der Waals surface area contributed by atoms with Crippen LogP contribution in [0.1, 0.15) is 29.8 Å². The van der Waals surface area contributed by atoms with Crippen molar-refractivity contribution in [2.24, 2.45) is 0 Å². The summed E-state index contributed by atoms with van der Waals surface area (Å²) in [6, 6.07) is 71.2. The van der Waals surface area contributed by atoms with Gasteiger partial charge in [0.15, 0.2) is 0 Å².